The molecule has 0 nitrogen and oxygen atoms in total. The van der Waals surface area contributed by atoms with Crippen molar-refractivity contribution in [3.05, 3.63) is 0 Å². The number of hydrogen-bond donors (Lipinski definition) is 0. The fraction of sp³-hybridized carbons (Fsp3) is 1.00. The van der Waals surface area contributed by atoms with E-state index in [2.05, 4.69) is 0 Å². The van der Waals surface area contributed by atoms with Crippen molar-refractivity contribution in [3.8, 4) is 0 Å². The van der Waals surface area contributed by atoms with Gasteiger partial charge in [-0.25, -0.2) is 0 Å². The van der Waals surface area contributed by atoms with Crippen LogP contribution in [0, 0.1) is 0 Å². The molecule has 0 spiro atoms. The molecule has 1 aliphatic heterocycles. The minimum atomic E-state index is -5.19. The second-order valence-electron chi connectivity index (χ2n) is 2.42. The molecule has 0 saturated carbocycles. The molecule has 0 aromatic carbocycles. The highest BCUT2D eigenvalue weighted by Gasteiger charge is 2.74. The highest BCUT2D eigenvalue weighted by Crippen LogP contribution is 2.60. The van der Waals surface area contributed by atoms with Gasteiger partial charge in [-0.3, -0.25) is 0 Å². The summed E-state index contributed by atoms with van der Waals surface area (Å²) < 4.78 is 68.0. The van der Waals surface area contributed by atoms with Gasteiger partial charge in [0.15, 0.2) is 0 Å². The van der Waals surface area contributed by atoms with Gasteiger partial charge in [0.2, 0.25) is 4.75 Å². The molecule has 72 valence electrons. The number of hydrogen-bond acceptors (Lipinski definition) is 1. The van der Waals surface area contributed by atoms with Gasteiger partial charge in [-0.2, -0.15) is 26.3 Å². The fourth-order valence-corrected chi connectivity index (χ4v) is 1.85. The van der Waals surface area contributed by atoms with Crippen LogP contribution >= 0.6 is 11.8 Å². The van der Waals surface area contributed by atoms with E-state index in [4.69, 9.17) is 0 Å². The highest BCUT2D eigenvalue weighted by atomic mass is 32.2. The van der Waals surface area contributed by atoms with Crippen LogP contribution in [0.1, 0.15) is 6.42 Å². The number of thioether (sulfide) groups is 1. The van der Waals surface area contributed by atoms with Crippen molar-refractivity contribution in [3.63, 3.8) is 0 Å². The molecule has 0 aromatic heterocycles. The summed E-state index contributed by atoms with van der Waals surface area (Å²) >= 11 is -0.0833. The van der Waals surface area contributed by atoms with Crippen LogP contribution < -0.4 is 0 Å². The van der Waals surface area contributed by atoms with E-state index in [0.29, 0.717) is 0 Å². The summed E-state index contributed by atoms with van der Waals surface area (Å²) in [6.45, 7) is 0. The molecule has 0 amide bonds. The van der Waals surface area contributed by atoms with Gasteiger partial charge in [0.1, 0.15) is 0 Å². The summed E-state index contributed by atoms with van der Waals surface area (Å²) in [4.78, 5) is 0. The molecule has 1 heterocycles. The van der Waals surface area contributed by atoms with Crippen LogP contribution in [0.3, 0.4) is 0 Å². The minimum absolute atomic E-state index is 0.0833. The maximum Gasteiger partial charge on any atom is 0.412 e. The molecule has 1 rings (SSSR count). The van der Waals surface area contributed by atoms with Gasteiger partial charge < -0.3 is 0 Å². The largest absolute Gasteiger partial charge is 0.412 e. The minimum Gasteiger partial charge on any atom is -0.169 e. The topological polar surface area (TPSA) is 0 Å². The molecule has 0 atom stereocenters. The Labute approximate surface area is 68.3 Å². The molecule has 0 bridgehead atoms. The van der Waals surface area contributed by atoms with E-state index in [1.165, 1.54) is 0 Å². The van der Waals surface area contributed by atoms with Crippen molar-refractivity contribution < 1.29 is 26.3 Å². The molecule has 0 aromatic rings. The number of halogens is 6. The van der Waals surface area contributed by atoms with Crippen molar-refractivity contribution in [1.29, 1.82) is 0 Å². The molecule has 0 aliphatic carbocycles. The van der Waals surface area contributed by atoms with Crippen LogP contribution in [0.25, 0.3) is 0 Å². The van der Waals surface area contributed by atoms with Gasteiger partial charge in [0, 0.05) is 0 Å². The zero-order valence-electron chi connectivity index (χ0n) is 5.59. The van der Waals surface area contributed by atoms with Gasteiger partial charge in [-0.15, -0.1) is 11.8 Å². The Bertz CT molecular complexity index is 159. The molecule has 0 radical (unpaired) electrons. The van der Waals surface area contributed by atoms with Crippen molar-refractivity contribution in [1.82, 2.24) is 0 Å². The lowest BCUT2D eigenvalue weighted by atomic mass is 10.0. The van der Waals surface area contributed by atoms with E-state index in [9.17, 15) is 26.3 Å². The second kappa shape index (κ2) is 2.46. The maximum atomic E-state index is 11.9. The molecule has 12 heavy (non-hydrogen) atoms. The SMILES string of the molecule is FC(F)(F)C1(C(F)(F)F)CCS1. The smallest absolute Gasteiger partial charge is 0.169 e. The quantitative estimate of drug-likeness (QED) is 0.554. The van der Waals surface area contributed by atoms with Crippen LogP contribution in [-0.2, 0) is 0 Å². The summed E-state index contributed by atoms with van der Waals surface area (Å²) in [7, 11) is 0. The fourth-order valence-electron chi connectivity index (χ4n) is 0.914. The van der Waals surface area contributed by atoms with Crippen LogP contribution in [0.5, 0.6) is 0 Å². The van der Waals surface area contributed by atoms with Crippen molar-refractivity contribution >= 4 is 11.8 Å². The monoisotopic (exact) mass is 210 g/mol. The van der Waals surface area contributed by atoms with E-state index < -0.39 is 23.5 Å². The zero-order chi connectivity index (χ0) is 9.62. The van der Waals surface area contributed by atoms with Gasteiger partial charge >= 0.3 is 12.4 Å². The van der Waals surface area contributed by atoms with Crippen molar-refractivity contribution in [2.24, 2.45) is 0 Å². The van der Waals surface area contributed by atoms with Gasteiger partial charge in [-0.05, 0) is 12.2 Å². The first-order valence-electron chi connectivity index (χ1n) is 2.98. The van der Waals surface area contributed by atoms with Crippen LogP contribution in [-0.4, -0.2) is 22.9 Å². The summed E-state index contributed by atoms with van der Waals surface area (Å²) in [5.41, 5.74) is 0. The molecule has 1 fully saturated rings. The lowest BCUT2D eigenvalue weighted by Gasteiger charge is -2.43. The lowest BCUT2D eigenvalue weighted by molar-refractivity contribution is -0.268. The predicted octanol–water partition coefficient (Wildman–Crippen LogP) is 2.99. The molecule has 7 heteroatoms. The zero-order valence-corrected chi connectivity index (χ0v) is 6.41. The van der Waals surface area contributed by atoms with E-state index in [0.717, 1.165) is 0 Å². The first-order chi connectivity index (χ1) is 5.21. The summed E-state index contributed by atoms with van der Waals surface area (Å²) in [5.74, 6) is -0.0843. The van der Waals surface area contributed by atoms with Gasteiger partial charge in [-0.1, -0.05) is 0 Å². The summed E-state index contributed by atoms with van der Waals surface area (Å²) in [6.07, 6.45) is -11.2. The standard InChI is InChI=1S/C5H4F6S/c6-4(7,8)3(1-2-12-3)5(9,10)11/h1-2H2. The molecule has 1 saturated heterocycles. The van der Waals surface area contributed by atoms with Crippen LogP contribution in [0.2, 0.25) is 0 Å². The third kappa shape index (κ3) is 1.18. The number of rotatable bonds is 0. The summed E-state index contributed by atoms with van der Waals surface area (Å²) in [5, 5.41) is 0. The predicted molar refractivity (Wildman–Crippen MR) is 31.9 cm³/mol. The third-order valence-corrected chi connectivity index (χ3v) is 3.29. The molecule has 1 aliphatic rings. The Balaban J connectivity index is 2.92. The van der Waals surface area contributed by atoms with E-state index in [1.54, 1.807) is 0 Å². The van der Waals surface area contributed by atoms with Crippen LogP contribution in [0.15, 0.2) is 0 Å². The van der Waals surface area contributed by atoms with E-state index in [1.807, 2.05) is 0 Å². The Morgan fingerprint density at radius 3 is 1.25 bits per heavy atom. The Hall–Kier alpha value is -0.0700. The molecule has 0 unspecified atom stereocenters. The second-order valence-corrected chi connectivity index (χ2v) is 3.81. The first-order valence-corrected chi connectivity index (χ1v) is 3.97. The molecular formula is C5H4F6S. The van der Waals surface area contributed by atoms with E-state index >= 15 is 0 Å². The van der Waals surface area contributed by atoms with Crippen LogP contribution in [0.4, 0.5) is 26.3 Å². The summed E-state index contributed by atoms with van der Waals surface area (Å²) in [6, 6.07) is 0. The highest BCUT2D eigenvalue weighted by molar-refractivity contribution is 8.02. The average Bonchev–Trinajstić information content (AvgIpc) is 1.47. The Kier molecular flexibility index (Phi) is 2.05. The number of alkyl halides is 6. The Morgan fingerprint density at radius 1 is 0.917 bits per heavy atom. The first kappa shape index (κ1) is 10.0. The van der Waals surface area contributed by atoms with Crippen molar-refractivity contribution in [2.75, 3.05) is 5.75 Å². The van der Waals surface area contributed by atoms with Crippen molar-refractivity contribution in [2.45, 2.75) is 23.5 Å². The normalized spacial score (nSPS) is 23.5. The Morgan fingerprint density at radius 2 is 1.25 bits per heavy atom. The molecular weight excluding hydrogens is 206 g/mol. The maximum absolute atomic E-state index is 11.9. The lowest BCUT2D eigenvalue weighted by Crippen LogP contribution is -2.59. The van der Waals surface area contributed by atoms with Gasteiger partial charge in [0.05, 0.1) is 0 Å². The van der Waals surface area contributed by atoms with Gasteiger partial charge in [0.25, 0.3) is 0 Å². The third-order valence-electron chi connectivity index (χ3n) is 1.72. The van der Waals surface area contributed by atoms with E-state index in [-0.39, 0.29) is 17.5 Å². The molecule has 0 N–H and O–H groups in total. The average molecular weight is 210 g/mol.